The van der Waals surface area contributed by atoms with E-state index in [-0.39, 0.29) is 27.1 Å². The highest BCUT2D eigenvalue weighted by Gasteiger charge is 2.32. The van der Waals surface area contributed by atoms with Crippen molar-refractivity contribution in [2.45, 2.75) is 12.4 Å². The molecule has 0 unspecified atom stereocenters. The molecule has 2 N–H and O–H groups in total. The molecule has 12 heteroatoms. The second-order valence-corrected chi connectivity index (χ2v) is 7.14. The molecule has 0 bridgehead atoms. The van der Waals surface area contributed by atoms with Gasteiger partial charge in [0.15, 0.2) is 0 Å². The Morgan fingerprint density at radius 2 is 1.42 bits per heavy atom. The Bertz CT molecular complexity index is 1120. The smallest absolute Gasteiger partial charge is 0.312 e. The Balaban J connectivity index is 1.85. The lowest BCUT2D eigenvalue weighted by molar-refractivity contribution is -0.138. The highest BCUT2D eigenvalue weighted by atomic mass is 35.5. The van der Waals surface area contributed by atoms with Gasteiger partial charge in [-0.05, 0) is 48.5 Å². The molecule has 0 aliphatic rings. The predicted molar refractivity (Wildman–Crippen MR) is 103 cm³/mol. The van der Waals surface area contributed by atoms with Crippen molar-refractivity contribution in [3.63, 3.8) is 0 Å². The van der Waals surface area contributed by atoms with Crippen molar-refractivity contribution in [1.82, 2.24) is 9.99 Å². The van der Waals surface area contributed by atoms with Gasteiger partial charge in [0.2, 0.25) is 0 Å². The molecule has 164 valence electrons. The third-order valence-corrected chi connectivity index (χ3v) is 4.45. The number of nitrogens with zero attached hydrogens (tertiary/aromatic N) is 1. The summed E-state index contributed by atoms with van der Waals surface area (Å²) in [5.74, 6) is -0.827. The van der Waals surface area contributed by atoms with Crippen LogP contribution in [0, 0.1) is 0 Å². The maximum absolute atomic E-state index is 13.1. The van der Waals surface area contributed by atoms with E-state index in [4.69, 9.17) is 23.2 Å². The monoisotopic (exact) mass is 481 g/mol. The van der Waals surface area contributed by atoms with Gasteiger partial charge in [0.05, 0.1) is 16.8 Å². The minimum atomic E-state index is -4.65. The van der Waals surface area contributed by atoms with Crippen LogP contribution in [0.15, 0.2) is 54.7 Å². The van der Waals surface area contributed by atoms with Gasteiger partial charge in [-0.25, -0.2) is 0 Å². The Morgan fingerprint density at radius 1 is 0.839 bits per heavy atom. The van der Waals surface area contributed by atoms with Crippen molar-refractivity contribution in [2.24, 2.45) is 0 Å². The highest BCUT2D eigenvalue weighted by Crippen LogP contribution is 2.34. The molecule has 4 nitrogen and oxygen atoms in total. The average molecular weight is 482 g/mol. The van der Waals surface area contributed by atoms with Crippen LogP contribution in [-0.2, 0) is 12.4 Å². The second-order valence-electron chi connectivity index (χ2n) is 6.26. The Kier molecular flexibility index (Phi) is 6.15. The van der Waals surface area contributed by atoms with Gasteiger partial charge in [0, 0.05) is 21.9 Å². The fourth-order valence-corrected chi connectivity index (χ4v) is 3.15. The lowest BCUT2D eigenvalue weighted by Crippen LogP contribution is -2.31. The maximum Gasteiger partial charge on any atom is 0.416 e. The number of aromatic nitrogens is 1. The Morgan fingerprint density at radius 3 is 2.03 bits per heavy atom. The largest absolute Gasteiger partial charge is 0.416 e. The summed E-state index contributed by atoms with van der Waals surface area (Å²) in [4.78, 5) is 12.5. The molecule has 31 heavy (non-hydrogen) atoms. The van der Waals surface area contributed by atoms with E-state index in [0.29, 0.717) is 0 Å². The summed E-state index contributed by atoms with van der Waals surface area (Å²) in [6, 6.07) is 8.11. The molecule has 1 amide bonds. The third-order valence-electron chi connectivity index (χ3n) is 4.01. The first-order valence-corrected chi connectivity index (χ1v) is 9.10. The molecule has 3 rings (SSSR count). The first-order chi connectivity index (χ1) is 14.3. The number of anilines is 1. The van der Waals surface area contributed by atoms with E-state index in [1.807, 2.05) is 0 Å². The van der Waals surface area contributed by atoms with E-state index in [1.54, 1.807) is 0 Å². The van der Waals surface area contributed by atoms with Crippen LogP contribution in [0.25, 0.3) is 5.69 Å². The van der Waals surface area contributed by atoms with Crippen molar-refractivity contribution in [3.05, 3.63) is 81.6 Å². The molecule has 0 atom stereocenters. The molecule has 0 radical (unpaired) electrons. The Hall–Kier alpha value is -2.85. The van der Waals surface area contributed by atoms with Gasteiger partial charge in [-0.2, -0.15) is 26.3 Å². The van der Waals surface area contributed by atoms with Gasteiger partial charge >= 0.3 is 12.4 Å². The van der Waals surface area contributed by atoms with Crippen LogP contribution in [0.3, 0.4) is 0 Å². The Labute approximate surface area is 181 Å². The maximum atomic E-state index is 13.1. The van der Waals surface area contributed by atoms with Crippen LogP contribution in [0.4, 0.5) is 32.0 Å². The zero-order valence-electron chi connectivity index (χ0n) is 15.1. The molecule has 0 aliphatic carbocycles. The van der Waals surface area contributed by atoms with Crippen LogP contribution in [0.2, 0.25) is 10.0 Å². The fourth-order valence-electron chi connectivity index (χ4n) is 2.69. The minimum absolute atomic E-state index is 0.0305. The molecule has 0 saturated carbocycles. The number of benzene rings is 2. The second kappa shape index (κ2) is 8.35. The number of halogens is 8. The average Bonchev–Trinajstić information content (AvgIpc) is 3.14. The summed E-state index contributed by atoms with van der Waals surface area (Å²) in [7, 11) is 0. The van der Waals surface area contributed by atoms with Gasteiger partial charge < -0.3 is 4.57 Å². The molecule has 0 fully saturated rings. The van der Waals surface area contributed by atoms with Crippen LogP contribution >= 0.6 is 23.2 Å². The summed E-state index contributed by atoms with van der Waals surface area (Å²) in [5.41, 5.74) is 2.19. The number of hydrogen-bond acceptors (Lipinski definition) is 2. The lowest BCUT2D eigenvalue weighted by atomic mass is 10.2. The number of hydrazine groups is 1. The lowest BCUT2D eigenvalue weighted by Gasteiger charge is -2.15. The van der Waals surface area contributed by atoms with Crippen LogP contribution in [0.5, 0.6) is 0 Å². The fraction of sp³-hybridized carbons (Fsp3) is 0.105. The number of hydrogen-bond donors (Lipinski definition) is 2. The number of amides is 1. The number of nitrogens with one attached hydrogen (secondary N) is 2. The molecule has 1 heterocycles. The van der Waals surface area contributed by atoms with Gasteiger partial charge in [-0.1, -0.05) is 23.2 Å². The van der Waals surface area contributed by atoms with Crippen molar-refractivity contribution in [3.8, 4) is 5.69 Å². The van der Waals surface area contributed by atoms with E-state index in [0.717, 1.165) is 34.9 Å². The van der Waals surface area contributed by atoms with E-state index in [9.17, 15) is 31.1 Å². The quantitative estimate of drug-likeness (QED) is 0.326. The molecule has 0 spiro atoms. The van der Waals surface area contributed by atoms with Gasteiger partial charge in [-0.15, -0.1) is 0 Å². The summed E-state index contributed by atoms with van der Waals surface area (Å²) in [5, 5.41) is -0.407. The van der Waals surface area contributed by atoms with Gasteiger partial charge in [0.25, 0.3) is 5.91 Å². The summed E-state index contributed by atoms with van der Waals surface area (Å²) in [6.07, 6.45) is -7.97. The van der Waals surface area contributed by atoms with Crippen molar-refractivity contribution < 1.29 is 31.1 Å². The summed E-state index contributed by atoms with van der Waals surface area (Å²) < 4.78 is 79.0. The summed E-state index contributed by atoms with van der Waals surface area (Å²) >= 11 is 11.5. The van der Waals surface area contributed by atoms with E-state index >= 15 is 0 Å². The first-order valence-electron chi connectivity index (χ1n) is 8.34. The number of carbonyl (C=O) groups excluding carboxylic acids is 1. The molecule has 2 aromatic carbocycles. The standard InChI is InChI=1S/C19H11Cl2F6N3O/c20-12-4-10(18(22,23)24)6-14(8-12)28-29-17(31)16-2-1-3-30(16)15-7-11(19(25,26)27)5-13(21)9-15/h1-9,28H,(H,29,31). The van der Waals surface area contributed by atoms with E-state index < -0.39 is 29.4 Å². The van der Waals surface area contributed by atoms with Crippen molar-refractivity contribution in [2.75, 3.05) is 5.43 Å². The number of rotatable bonds is 4. The van der Waals surface area contributed by atoms with Crippen LogP contribution in [-0.4, -0.2) is 10.5 Å². The summed E-state index contributed by atoms with van der Waals surface area (Å²) in [6.45, 7) is 0. The molecular weight excluding hydrogens is 471 g/mol. The zero-order valence-corrected chi connectivity index (χ0v) is 16.6. The number of carbonyl (C=O) groups is 1. The molecular formula is C19H11Cl2F6N3O. The van der Waals surface area contributed by atoms with Crippen molar-refractivity contribution in [1.29, 1.82) is 0 Å². The van der Waals surface area contributed by atoms with Gasteiger partial charge in [-0.3, -0.25) is 15.6 Å². The normalized spacial score (nSPS) is 12.0. The first kappa shape index (κ1) is 22.8. The molecule has 0 aliphatic heterocycles. The third kappa shape index (κ3) is 5.45. The minimum Gasteiger partial charge on any atom is -0.312 e. The van der Waals surface area contributed by atoms with E-state index in [2.05, 4.69) is 10.9 Å². The number of alkyl halides is 6. The van der Waals surface area contributed by atoms with Crippen LogP contribution < -0.4 is 10.9 Å². The predicted octanol–water partition coefficient (Wildman–Crippen LogP) is 6.58. The van der Waals surface area contributed by atoms with E-state index in [1.165, 1.54) is 24.4 Å². The molecule has 1 aromatic heterocycles. The SMILES string of the molecule is O=C(NNc1cc(Cl)cc(C(F)(F)F)c1)c1cccn1-c1cc(Cl)cc(C(F)(F)F)c1. The van der Waals surface area contributed by atoms with Crippen molar-refractivity contribution >= 4 is 34.8 Å². The molecule has 3 aromatic rings. The van der Waals surface area contributed by atoms with Crippen LogP contribution in [0.1, 0.15) is 21.6 Å². The zero-order chi connectivity index (χ0) is 23.0. The molecule has 0 saturated heterocycles. The highest BCUT2D eigenvalue weighted by molar-refractivity contribution is 6.31. The van der Waals surface area contributed by atoms with Gasteiger partial charge in [0.1, 0.15) is 5.69 Å². The topological polar surface area (TPSA) is 46.1 Å².